The zero-order chi connectivity index (χ0) is 12.8. The Morgan fingerprint density at radius 2 is 2.17 bits per heavy atom. The minimum atomic E-state index is -0.0689. The van der Waals surface area contributed by atoms with Gasteiger partial charge in [-0.3, -0.25) is 9.89 Å². The van der Waals surface area contributed by atoms with E-state index in [1.54, 1.807) is 12.4 Å². The van der Waals surface area contributed by atoms with E-state index in [0.717, 1.165) is 11.3 Å². The maximum absolute atomic E-state index is 11.7. The molecule has 0 aliphatic carbocycles. The summed E-state index contributed by atoms with van der Waals surface area (Å²) in [6.45, 7) is 2.58. The van der Waals surface area contributed by atoms with Crippen LogP contribution in [0.15, 0.2) is 36.7 Å². The van der Waals surface area contributed by atoms with Crippen LogP contribution in [0.25, 0.3) is 0 Å². The topological polar surface area (TPSA) is 67.0 Å². The molecule has 2 N–H and O–H groups in total. The highest BCUT2D eigenvalue weighted by molar-refractivity contribution is 5.91. The lowest BCUT2D eigenvalue weighted by molar-refractivity contribution is -0.115. The monoisotopic (exact) mass is 245 g/mol. The lowest BCUT2D eigenvalue weighted by atomic mass is 10.1. The first-order chi connectivity index (χ1) is 8.78. The molecule has 0 atom stereocenters. The number of carbonyl (C=O) groups is 1. The number of carbonyl (C=O) groups excluding carboxylic acids is 1. The Balaban J connectivity index is 1.90. The standard InChI is InChI=1S/C13H15N3O2/c1-2-18-12-5-3-10(4-6-12)7-13(17)16-11-8-14-15-9-11/h3-6,8-9H,2,7H2,1H3,(H,14,15)(H,16,17). The van der Waals surface area contributed by atoms with Gasteiger partial charge in [-0.25, -0.2) is 0 Å². The van der Waals surface area contributed by atoms with Gasteiger partial charge < -0.3 is 10.1 Å². The first-order valence-corrected chi connectivity index (χ1v) is 5.78. The van der Waals surface area contributed by atoms with Gasteiger partial charge in [-0.15, -0.1) is 0 Å². The van der Waals surface area contributed by atoms with Gasteiger partial charge >= 0.3 is 0 Å². The lowest BCUT2D eigenvalue weighted by Gasteiger charge is -2.05. The van der Waals surface area contributed by atoms with E-state index in [4.69, 9.17) is 4.74 Å². The van der Waals surface area contributed by atoms with Gasteiger partial charge in [0.05, 0.1) is 24.9 Å². The zero-order valence-corrected chi connectivity index (χ0v) is 10.1. The molecule has 2 rings (SSSR count). The lowest BCUT2D eigenvalue weighted by Crippen LogP contribution is -2.13. The number of benzene rings is 1. The largest absolute Gasteiger partial charge is 0.494 e. The van der Waals surface area contributed by atoms with Crippen LogP contribution >= 0.6 is 0 Å². The molecule has 5 heteroatoms. The van der Waals surface area contributed by atoms with E-state index < -0.39 is 0 Å². The minimum absolute atomic E-state index is 0.0689. The number of ether oxygens (including phenoxy) is 1. The molecule has 0 radical (unpaired) electrons. The predicted octanol–water partition coefficient (Wildman–Crippen LogP) is 1.99. The maximum Gasteiger partial charge on any atom is 0.228 e. The first-order valence-electron chi connectivity index (χ1n) is 5.78. The summed E-state index contributed by atoms with van der Waals surface area (Å²) in [5.74, 6) is 0.747. The van der Waals surface area contributed by atoms with E-state index in [-0.39, 0.29) is 5.91 Å². The highest BCUT2D eigenvalue weighted by Gasteiger charge is 2.04. The number of amides is 1. The average molecular weight is 245 g/mol. The number of anilines is 1. The molecule has 1 heterocycles. The van der Waals surface area contributed by atoms with Crippen LogP contribution < -0.4 is 10.1 Å². The molecule has 1 amide bonds. The van der Waals surface area contributed by atoms with Crippen LogP contribution in [0.4, 0.5) is 5.69 Å². The van der Waals surface area contributed by atoms with Crippen LogP contribution in [0.2, 0.25) is 0 Å². The second-order valence-corrected chi connectivity index (χ2v) is 3.79. The van der Waals surface area contributed by atoms with Crippen molar-refractivity contribution in [2.45, 2.75) is 13.3 Å². The van der Waals surface area contributed by atoms with E-state index in [9.17, 15) is 4.79 Å². The van der Waals surface area contributed by atoms with Gasteiger partial charge in [0.25, 0.3) is 0 Å². The molecule has 2 aromatic rings. The zero-order valence-electron chi connectivity index (χ0n) is 10.1. The molecule has 0 aliphatic heterocycles. The smallest absolute Gasteiger partial charge is 0.228 e. The van der Waals surface area contributed by atoms with E-state index in [1.807, 2.05) is 31.2 Å². The maximum atomic E-state index is 11.7. The number of hydrogen-bond acceptors (Lipinski definition) is 3. The number of aromatic nitrogens is 2. The first kappa shape index (κ1) is 12.2. The fraction of sp³-hybridized carbons (Fsp3) is 0.231. The van der Waals surface area contributed by atoms with Crippen molar-refractivity contribution < 1.29 is 9.53 Å². The fourth-order valence-corrected chi connectivity index (χ4v) is 1.58. The Labute approximate surface area is 105 Å². The average Bonchev–Trinajstić information content (AvgIpc) is 2.84. The third-order valence-electron chi connectivity index (χ3n) is 2.38. The Morgan fingerprint density at radius 1 is 1.39 bits per heavy atom. The third kappa shape index (κ3) is 3.35. The third-order valence-corrected chi connectivity index (χ3v) is 2.38. The number of rotatable bonds is 5. The van der Waals surface area contributed by atoms with Gasteiger partial charge in [0.15, 0.2) is 0 Å². The highest BCUT2D eigenvalue weighted by atomic mass is 16.5. The molecule has 18 heavy (non-hydrogen) atoms. The minimum Gasteiger partial charge on any atom is -0.494 e. The molecule has 94 valence electrons. The number of nitrogens with zero attached hydrogens (tertiary/aromatic N) is 1. The van der Waals surface area contributed by atoms with Gasteiger partial charge in [0.2, 0.25) is 5.91 Å². The van der Waals surface area contributed by atoms with E-state index >= 15 is 0 Å². The normalized spacial score (nSPS) is 10.1. The van der Waals surface area contributed by atoms with Crippen molar-refractivity contribution in [2.75, 3.05) is 11.9 Å². The van der Waals surface area contributed by atoms with E-state index in [1.165, 1.54) is 0 Å². The van der Waals surface area contributed by atoms with Crippen molar-refractivity contribution in [1.82, 2.24) is 10.2 Å². The molecule has 5 nitrogen and oxygen atoms in total. The highest BCUT2D eigenvalue weighted by Crippen LogP contribution is 2.13. The molecule has 0 fully saturated rings. The molecule has 1 aromatic heterocycles. The van der Waals surface area contributed by atoms with Gasteiger partial charge in [0, 0.05) is 6.20 Å². The van der Waals surface area contributed by atoms with Crippen LogP contribution in [0.5, 0.6) is 5.75 Å². The van der Waals surface area contributed by atoms with Gasteiger partial charge in [-0.1, -0.05) is 12.1 Å². The molecule has 1 aromatic carbocycles. The summed E-state index contributed by atoms with van der Waals surface area (Å²) in [5.41, 5.74) is 1.62. The number of H-pyrrole nitrogens is 1. The number of hydrogen-bond donors (Lipinski definition) is 2. The molecule has 0 bridgehead atoms. The van der Waals surface area contributed by atoms with Gasteiger partial charge in [-0.05, 0) is 24.6 Å². The van der Waals surface area contributed by atoms with Crippen LogP contribution in [0, 0.1) is 0 Å². The second kappa shape index (κ2) is 5.86. The fourth-order valence-electron chi connectivity index (χ4n) is 1.58. The Bertz CT molecular complexity index is 491. The van der Waals surface area contributed by atoms with Crippen molar-refractivity contribution in [3.05, 3.63) is 42.2 Å². The summed E-state index contributed by atoms with van der Waals surface area (Å²) in [6, 6.07) is 7.51. The molecular formula is C13H15N3O2. The van der Waals surface area contributed by atoms with Crippen molar-refractivity contribution in [1.29, 1.82) is 0 Å². The summed E-state index contributed by atoms with van der Waals surface area (Å²) in [6.07, 6.45) is 3.53. The van der Waals surface area contributed by atoms with Gasteiger partial charge in [0.1, 0.15) is 5.75 Å². The molecule has 0 spiro atoms. The SMILES string of the molecule is CCOc1ccc(CC(=O)Nc2cn[nH]c2)cc1. The molecule has 0 saturated carbocycles. The second-order valence-electron chi connectivity index (χ2n) is 3.79. The van der Waals surface area contributed by atoms with Crippen molar-refractivity contribution in [3.8, 4) is 5.75 Å². The Kier molecular flexibility index (Phi) is 3.96. The van der Waals surface area contributed by atoms with E-state index in [0.29, 0.717) is 18.7 Å². The van der Waals surface area contributed by atoms with Gasteiger partial charge in [-0.2, -0.15) is 5.10 Å². The summed E-state index contributed by atoms with van der Waals surface area (Å²) in [5, 5.41) is 9.14. The molecule has 0 saturated heterocycles. The summed E-state index contributed by atoms with van der Waals surface area (Å²) in [4.78, 5) is 11.7. The predicted molar refractivity (Wildman–Crippen MR) is 68.5 cm³/mol. The molecular weight excluding hydrogens is 230 g/mol. The molecule has 0 aliphatic rings. The summed E-state index contributed by atoms with van der Waals surface area (Å²) in [7, 11) is 0. The van der Waals surface area contributed by atoms with Crippen LogP contribution in [0.1, 0.15) is 12.5 Å². The van der Waals surface area contributed by atoms with Crippen LogP contribution in [-0.2, 0) is 11.2 Å². The Morgan fingerprint density at radius 3 is 2.78 bits per heavy atom. The summed E-state index contributed by atoms with van der Waals surface area (Å²) < 4.78 is 5.34. The Hall–Kier alpha value is -2.30. The van der Waals surface area contributed by atoms with Crippen LogP contribution in [0.3, 0.4) is 0 Å². The van der Waals surface area contributed by atoms with E-state index in [2.05, 4.69) is 15.5 Å². The number of nitrogens with one attached hydrogen (secondary N) is 2. The van der Waals surface area contributed by atoms with Crippen molar-refractivity contribution in [3.63, 3.8) is 0 Å². The van der Waals surface area contributed by atoms with Crippen LogP contribution in [-0.4, -0.2) is 22.7 Å². The van der Waals surface area contributed by atoms with Crippen molar-refractivity contribution in [2.24, 2.45) is 0 Å². The quantitative estimate of drug-likeness (QED) is 0.846. The number of aromatic amines is 1. The summed E-state index contributed by atoms with van der Waals surface area (Å²) >= 11 is 0. The van der Waals surface area contributed by atoms with Crippen molar-refractivity contribution >= 4 is 11.6 Å². The molecule has 0 unspecified atom stereocenters.